The molecular weight excluding hydrogens is 310 g/mol. The first-order valence-electron chi connectivity index (χ1n) is 6.32. The average molecular weight is 330 g/mol. The number of amides is 1. The van der Waals surface area contributed by atoms with Gasteiger partial charge >= 0.3 is 0 Å². The number of nitrogens with one attached hydrogen (secondary N) is 1. The zero-order valence-corrected chi connectivity index (χ0v) is 12.7. The van der Waals surface area contributed by atoms with Crippen LogP contribution in [0.3, 0.4) is 0 Å². The minimum atomic E-state index is -0.0184. The molecule has 106 valence electrons. The van der Waals surface area contributed by atoms with Crippen molar-refractivity contribution in [1.29, 1.82) is 0 Å². The molecule has 0 aliphatic rings. The lowest BCUT2D eigenvalue weighted by atomic mass is 10.2. The molecule has 0 aromatic heterocycles. The fourth-order valence-corrected chi connectivity index (χ4v) is 1.70. The highest BCUT2D eigenvalue weighted by Crippen LogP contribution is 2.12. The van der Waals surface area contributed by atoms with Gasteiger partial charge in [-0.3, -0.25) is 4.79 Å². The van der Waals surface area contributed by atoms with Crippen molar-refractivity contribution in [2.45, 2.75) is 13.3 Å². The van der Waals surface area contributed by atoms with Gasteiger partial charge in [-0.2, -0.15) is 0 Å². The van der Waals surface area contributed by atoms with Crippen molar-refractivity contribution in [1.82, 2.24) is 5.32 Å². The number of hydrogen-bond acceptors (Lipinski definition) is 3. The molecule has 0 saturated carbocycles. The van der Waals surface area contributed by atoms with Gasteiger partial charge in [0.25, 0.3) is 0 Å². The number of carbonyl (C=O) groups excluding carboxylic acids is 1. The van der Waals surface area contributed by atoms with E-state index in [4.69, 9.17) is 9.47 Å². The first-order valence-corrected chi connectivity index (χ1v) is 7.44. The molecule has 1 aromatic carbocycles. The van der Waals surface area contributed by atoms with Gasteiger partial charge in [0.15, 0.2) is 0 Å². The van der Waals surface area contributed by atoms with Crippen LogP contribution < -0.4 is 10.1 Å². The second-order valence-corrected chi connectivity index (χ2v) is 4.86. The zero-order valence-electron chi connectivity index (χ0n) is 11.2. The Hall–Kier alpha value is -1.07. The van der Waals surface area contributed by atoms with Crippen LogP contribution in [0.25, 0.3) is 0 Å². The Morgan fingerprint density at radius 3 is 2.89 bits per heavy atom. The van der Waals surface area contributed by atoms with Crippen LogP contribution >= 0.6 is 15.9 Å². The molecule has 0 spiro atoms. The SMILES string of the molecule is Cc1cccc(OCCC(=O)NCCOCCBr)c1. The lowest BCUT2D eigenvalue weighted by Gasteiger charge is -2.08. The van der Waals surface area contributed by atoms with Crippen LogP contribution in [0, 0.1) is 6.92 Å². The highest BCUT2D eigenvalue weighted by molar-refractivity contribution is 9.09. The van der Waals surface area contributed by atoms with Crippen molar-refractivity contribution in [3.8, 4) is 5.75 Å². The summed E-state index contributed by atoms with van der Waals surface area (Å²) < 4.78 is 10.7. The maximum atomic E-state index is 11.5. The summed E-state index contributed by atoms with van der Waals surface area (Å²) in [5.74, 6) is 0.781. The van der Waals surface area contributed by atoms with Gasteiger partial charge in [0.1, 0.15) is 5.75 Å². The Balaban J connectivity index is 2.07. The van der Waals surface area contributed by atoms with E-state index >= 15 is 0 Å². The van der Waals surface area contributed by atoms with Gasteiger partial charge in [-0.15, -0.1) is 0 Å². The van der Waals surface area contributed by atoms with Crippen molar-refractivity contribution in [2.75, 3.05) is 31.7 Å². The van der Waals surface area contributed by atoms with Crippen LogP contribution in [-0.2, 0) is 9.53 Å². The lowest BCUT2D eigenvalue weighted by molar-refractivity contribution is -0.121. The van der Waals surface area contributed by atoms with E-state index in [9.17, 15) is 4.79 Å². The molecule has 1 amide bonds. The summed E-state index contributed by atoms with van der Waals surface area (Å²) in [5.41, 5.74) is 1.14. The van der Waals surface area contributed by atoms with Crippen molar-refractivity contribution in [3.05, 3.63) is 29.8 Å². The van der Waals surface area contributed by atoms with E-state index in [0.717, 1.165) is 16.6 Å². The molecule has 0 saturated heterocycles. The van der Waals surface area contributed by atoms with Crippen LogP contribution in [0.4, 0.5) is 0 Å². The summed E-state index contributed by atoms with van der Waals surface area (Å²) in [7, 11) is 0. The van der Waals surface area contributed by atoms with Crippen LogP contribution in [0.2, 0.25) is 0 Å². The second kappa shape index (κ2) is 9.81. The molecule has 0 atom stereocenters. The highest BCUT2D eigenvalue weighted by Gasteiger charge is 2.01. The quantitative estimate of drug-likeness (QED) is 0.558. The van der Waals surface area contributed by atoms with Gasteiger partial charge in [-0.25, -0.2) is 0 Å². The molecule has 0 radical (unpaired) electrons. The molecule has 0 bridgehead atoms. The Bertz CT molecular complexity index is 385. The number of halogens is 1. The molecule has 5 heteroatoms. The van der Waals surface area contributed by atoms with E-state index in [1.165, 1.54) is 0 Å². The Morgan fingerprint density at radius 1 is 1.32 bits per heavy atom. The molecule has 19 heavy (non-hydrogen) atoms. The minimum absolute atomic E-state index is 0.0184. The van der Waals surface area contributed by atoms with Crippen LogP contribution in [0.5, 0.6) is 5.75 Å². The van der Waals surface area contributed by atoms with E-state index < -0.39 is 0 Å². The zero-order chi connectivity index (χ0) is 13.9. The summed E-state index contributed by atoms with van der Waals surface area (Å²) in [5, 5.41) is 3.59. The minimum Gasteiger partial charge on any atom is -0.493 e. The van der Waals surface area contributed by atoms with Gasteiger partial charge in [-0.05, 0) is 24.6 Å². The third-order valence-corrected chi connectivity index (χ3v) is 2.70. The van der Waals surface area contributed by atoms with Crippen molar-refractivity contribution < 1.29 is 14.3 Å². The number of ether oxygens (including phenoxy) is 2. The molecule has 1 aromatic rings. The Kier molecular flexibility index (Phi) is 8.25. The molecule has 0 heterocycles. The van der Waals surface area contributed by atoms with E-state index in [1.54, 1.807) is 0 Å². The number of rotatable bonds is 9. The maximum absolute atomic E-state index is 11.5. The standard InChI is InChI=1S/C14H20BrNO3/c1-12-3-2-4-13(11-12)19-8-5-14(17)16-7-10-18-9-6-15/h2-4,11H,5-10H2,1H3,(H,16,17). The molecule has 0 aliphatic heterocycles. The molecular formula is C14H20BrNO3. The Morgan fingerprint density at radius 2 is 2.16 bits per heavy atom. The first kappa shape index (κ1) is 16.0. The van der Waals surface area contributed by atoms with Gasteiger partial charge in [0, 0.05) is 11.9 Å². The van der Waals surface area contributed by atoms with Crippen LogP contribution in [0.15, 0.2) is 24.3 Å². The van der Waals surface area contributed by atoms with E-state index in [-0.39, 0.29) is 5.91 Å². The average Bonchev–Trinajstić information content (AvgIpc) is 2.38. The van der Waals surface area contributed by atoms with Crippen molar-refractivity contribution >= 4 is 21.8 Å². The normalized spacial score (nSPS) is 10.2. The third-order valence-electron chi connectivity index (χ3n) is 2.38. The predicted octanol–water partition coefficient (Wildman–Crippen LogP) is 2.29. The van der Waals surface area contributed by atoms with Gasteiger partial charge in [-0.1, -0.05) is 28.1 Å². The number of aryl methyl sites for hydroxylation is 1. The predicted molar refractivity (Wildman–Crippen MR) is 78.9 cm³/mol. The van der Waals surface area contributed by atoms with E-state index in [1.807, 2.05) is 31.2 Å². The van der Waals surface area contributed by atoms with Gasteiger partial charge in [0.2, 0.25) is 5.91 Å². The fourth-order valence-electron chi connectivity index (χ4n) is 1.47. The summed E-state index contributed by atoms with van der Waals surface area (Å²) >= 11 is 3.26. The van der Waals surface area contributed by atoms with Crippen LogP contribution in [0.1, 0.15) is 12.0 Å². The highest BCUT2D eigenvalue weighted by atomic mass is 79.9. The molecule has 1 rings (SSSR count). The van der Waals surface area contributed by atoms with E-state index in [0.29, 0.717) is 32.8 Å². The first-order chi connectivity index (χ1) is 9.22. The van der Waals surface area contributed by atoms with Crippen molar-refractivity contribution in [2.24, 2.45) is 0 Å². The number of alkyl halides is 1. The molecule has 0 aliphatic carbocycles. The Labute approximate surface area is 122 Å². The summed E-state index contributed by atoms with van der Waals surface area (Å²) in [4.78, 5) is 11.5. The summed E-state index contributed by atoms with van der Waals surface area (Å²) in [6.45, 7) is 4.13. The maximum Gasteiger partial charge on any atom is 0.223 e. The molecule has 4 nitrogen and oxygen atoms in total. The topological polar surface area (TPSA) is 47.6 Å². The largest absolute Gasteiger partial charge is 0.493 e. The monoisotopic (exact) mass is 329 g/mol. The second-order valence-electron chi connectivity index (χ2n) is 4.07. The third kappa shape index (κ3) is 7.85. The van der Waals surface area contributed by atoms with Gasteiger partial charge < -0.3 is 14.8 Å². The van der Waals surface area contributed by atoms with E-state index in [2.05, 4.69) is 21.2 Å². The summed E-state index contributed by atoms with van der Waals surface area (Å²) in [6.07, 6.45) is 0.354. The molecule has 1 N–H and O–H groups in total. The number of hydrogen-bond donors (Lipinski definition) is 1. The number of carbonyl (C=O) groups is 1. The van der Waals surface area contributed by atoms with Gasteiger partial charge in [0.05, 0.1) is 26.2 Å². The molecule has 0 fully saturated rings. The smallest absolute Gasteiger partial charge is 0.223 e. The molecule has 0 unspecified atom stereocenters. The van der Waals surface area contributed by atoms with Crippen molar-refractivity contribution in [3.63, 3.8) is 0 Å². The number of benzene rings is 1. The fraction of sp³-hybridized carbons (Fsp3) is 0.500. The lowest BCUT2D eigenvalue weighted by Crippen LogP contribution is -2.28. The summed E-state index contributed by atoms with van der Waals surface area (Å²) in [6, 6.07) is 7.78. The van der Waals surface area contributed by atoms with Crippen LogP contribution in [-0.4, -0.2) is 37.6 Å².